The van der Waals surface area contributed by atoms with Gasteiger partial charge in [-0.3, -0.25) is 20.4 Å². The summed E-state index contributed by atoms with van der Waals surface area (Å²) in [5.41, 5.74) is 7.29. The Kier molecular flexibility index (Phi) is 4.23. The van der Waals surface area contributed by atoms with E-state index in [1.165, 1.54) is 18.7 Å². The first kappa shape index (κ1) is 15.7. The Hall–Kier alpha value is -3.23. The van der Waals surface area contributed by atoms with Crippen LogP contribution in [0.3, 0.4) is 0 Å². The molecule has 124 valence electrons. The van der Waals surface area contributed by atoms with Gasteiger partial charge in [0.1, 0.15) is 6.33 Å². The molecule has 0 saturated carbocycles. The number of hydrogen-bond acceptors (Lipinski definition) is 6. The van der Waals surface area contributed by atoms with Crippen molar-refractivity contribution in [1.29, 1.82) is 0 Å². The molecule has 0 aliphatic carbocycles. The Bertz CT molecular complexity index is 884. The van der Waals surface area contributed by atoms with Crippen molar-refractivity contribution in [3.8, 4) is 0 Å². The summed E-state index contributed by atoms with van der Waals surface area (Å²) in [6.07, 6.45) is 3.50. The van der Waals surface area contributed by atoms with Crippen molar-refractivity contribution in [2.75, 3.05) is 0 Å². The van der Waals surface area contributed by atoms with Crippen molar-refractivity contribution in [3.05, 3.63) is 47.4 Å². The monoisotopic (exact) mass is 328 g/mol. The SMILES string of the molecule is Cc1nc2ncnn2c(C)c1CCC(=O)NNC(=O)c1ccco1. The van der Waals surface area contributed by atoms with Gasteiger partial charge >= 0.3 is 5.91 Å². The van der Waals surface area contributed by atoms with Gasteiger partial charge in [0.05, 0.1) is 6.26 Å². The largest absolute Gasteiger partial charge is 0.459 e. The van der Waals surface area contributed by atoms with Crippen LogP contribution in [-0.2, 0) is 11.2 Å². The molecule has 0 saturated heterocycles. The van der Waals surface area contributed by atoms with Crippen molar-refractivity contribution < 1.29 is 14.0 Å². The fourth-order valence-corrected chi connectivity index (χ4v) is 2.41. The maximum Gasteiger partial charge on any atom is 0.305 e. The Morgan fingerprint density at radius 2 is 2.12 bits per heavy atom. The molecule has 0 spiro atoms. The van der Waals surface area contributed by atoms with E-state index in [1.54, 1.807) is 10.6 Å². The van der Waals surface area contributed by atoms with Crippen LogP contribution in [0.5, 0.6) is 0 Å². The van der Waals surface area contributed by atoms with E-state index in [9.17, 15) is 9.59 Å². The van der Waals surface area contributed by atoms with Crippen LogP contribution in [0.15, 0.2) is 29.1 Å². The lowest BCUT2D eigenvalue weighted by atomic mass is 10.1. The van der Waals surface area contributed by atoms with Crippen molar-refractivity contribution in [1.82, 2.24) is 30.4 Å². The summed E-state index contributed by atoms with van der Waals surface area (Å²) in [5.74, 6) is -0.162. The maximum absolute atomic E-state index is 11.9. The first-order chi connectivity index (χ1) is 11.6. The number of amides is 2. The molecule has 3 heterocycles. The molecule has 24 heavy (non-hydrogen) atoms. The summed E-state index contributed by atoms with van der Waals surface area (Å²) in [4.78, 5) is 32.0. The predicted molar refractivity (Wildman–Crippen MR) is 82.9 cm³/mol. The molecule has 0 unspecified atom stereocenters. The highest BCUT2D eigenvalue weighted by molar-refractivity contribution is 5.92. The summed E-state index contributed by atoms with van der Waals surface area (Å²) < 4.78 is 6.57. The quantitative estimate of drug-likeness (QED) is 0.682. The number of aromatic nitrogens is 4. The molecule has 2 N–H and O–H groups in total. The lowest BCUT2D eigenvalue weighted by molar-refractivity contribution is -0.121. The summed E-state index contributed by atoms with van der Waals surface area (Å²) in [6.45, 7) is 3.77. The molecule has 2 amide bonds. The van der Waals surface area contributed by atoms with E-state index in [0.29, 0.717) is 12.2 Å². The minimum Gasteiger partial charge on any atom is -0.459 e. The Morgan fingerprint density at radius 3 is 2.88 bits per heavy atom. The fourth-order valence-electron chi connectivity index (χ4n) is 2.41. The first-order valence-electron chi connectivity index (χ1n) is 7.34. The van der Waals surface area contributed by atoms with Crippen molar-refractivity contribution in [2.45, 2.75) is 26.7 Å². The van der Waals surface area contributed by atoms with Crippen LogP contribution < -0.4 is 10.9 Å². The Balaban J connectivity index is 1.59. The van der Waals surface area contributed by atoms with E-state index >= 15 is 0 Å². The molecular weight excluding hydrogens is 312 g/mol. The van der Waals surface area contributed by atoms with E-state index in [0.717, 1.165) is 17.0 Å². The van der Waals surface area contributed by atoms with Gasteiger partial charge in [-0.15, -0.1) is 0 Å². The molecule has 3 rings (SSSR count). The standard InChI is InChI=1S/C15H16N6O3/c1-9-11(10(2)21-15(18-9)16-8-17-21)5-6-13(22)19-20-14(23)12-4-3-7-24-12/h3-4,7-8H,5-6H2,1-2H3,(H,19,22)(H,20,23). The number of hydrazine groups is 1. The van der Waals surface area contributed by atoms with Crippen LogP contribution in [0.4, 0.5) is 0 Å². The zero-order valence-corrected chi connectivity index (χ0v) is 13.2. The average Bonchev–Trinajstić information content (AvgIpc) is 3.23. The summed E-state index contributed by atoms with van der Waals surface area (Å²) in [5, 5.41) is 4.11. The Labute approximate surface area is 137 Å². The molecule has 3 aromatic heterocycles. The summed E-state index contributed by atoms with van der Waals surface area (Å²) in [6, 6.07) is 3.10. The topological polar surface area (TPSA) is 114 Å². The van der Waals surface area contributed by atoms with Crippen LogP contribution in [-0.4, -0.2) is 31.4 Å². The minimum atomic E-state index is -0.508. The number of rotatable bonds is 4. The molecule has 9 heteroatoms. The van der Waals surface area contributed by atoms with E-state index in [1.807, 2.05) is 13.8 Å². The highest BCUT2D eigenvalue weighted by atomic mass is 16.3. The number of nitrogens with zero attached hydrogens (tertiary/aromatic N) is 4. The second-order valence-electron chi connectivity index (χ2n) is 5.21. The summed E-state index contributed by atoms with van der Waals surface area (Å²) >= 11 is 0. The van der Waals surface area contributed by atoms with Crippen LogP contribution >= 0.6 is 0 Å². The third-order valence-electron chi connectivity index (χ3n) is 3.65. The van der Waals surface area contributed by atoms with Gasteiger partial charge in [-0.1, -0.05) is 0 Å². The zero-order chi connectivity index (χ0) is 17.1. The molecule has 0 aliphatic heterocycles. The number of fused-ring (bicyclic) bond motifs is 1. The van der Waals surface area contributed by atoms with Gasteiger partial charge < -0.3 is 4.42 Å². The second kappa shape index (κ2) is 6.49. The normalized spacial score (nSPS) is 10.8. The van der Waals surface area contributed by atoms with Gasteiger partial charge in [0, 0.05) is 17.8 Å². The van der Waals surface area contributed by atoms with Crippen molar-refractivity contribution in [3.63, 3.8) is 0 Å². The third-order valence-corrected chi connectivity index (χ3v) is 3.65. The maximum atomic E-state index is 11.9. The van der Waals surface area contributed by atoms with Gasteiger partial charge in [-0.05, 0) is 38.0 Å². The van der Waals surface area contributed by atoms with E-state index in [4.69, 9.17) is 4.42 Å². The van der Waals surface area contributed by atoms with Crippen LogP contribution in [0, 0.1) is 13.8 Å². The number of carbonyl (C=O) groups excluding carboxylic acids is 2. The number of hydrogen-bond donors (Lipinski definition) is 2. The van der Waals surface area contributed by atoms with Crippen molar-refractivity contribution in [2.24, 2.45) is 0 Å². The molecule has 0 aliphatic rings. The van der Waals surface area contributed by atoms with Gasteiger partial charge in [-0.2, -0.15) is 10.1 Å². The lowest BCUT2D eigenvalue weighted by Crippen LogP contribution is -2.41. The highest BCUT2D eigenvalue weighted by Gasteiger charge is 2.13. The molecule has 0 bridgehead atoms. The summed E-state index contributed by atoms with van der Waals surface area (Å²) in [7, 11) is 0. The van der Waals surface area contributed by atoms with E-state index in [-0.39, 0.29) is 18.1 Å². The smallest absolute Gasteiger partial charge is 0.305 e. The van der Waals surface area contributed by atoms with Crippen LogP contribution in [0.25, 0.3) is 5.78 Å². The zero-order valence-electron chi connectivity index (χ0n) is 13.2. The van der Waals surface area contributed by atoms with E-state index < -0.39 is 5.91 Å². The molecule has 0 aromatic carbocycles. The average molecular weight is 328 g/mol. The molecule has 0 fully saturated rings. The van der Waals surface area contributed by atoms with E-state index in [2.05, 4.69) is 25.9 Å². The minimum absolute atomic E-state index is 0.128. The van der Waals surface area contributed by atoms with Gasteiger partial charge in [0.25, 0.3) is 5.78 Å². The third kappa shape index (κ3) is 3.09. The van der Waals surface area contributed by atoms with Crippen LogP contribution in [0.1, 0.15) is 33.9 Å². The van der Waals surface area contributed by atoms with Crippen molar-refractivity contribution >= 4 is 17.6 Å². The Morgan fingerprint density at radius 1 is 1.29 bits per heavy atom. The number of nitrogens with one attached hydrogen (secondary N) is 2. The molecular formula is C15H16N6O3. The first-order valence-corrected chi connectivity index (χ1v) is 7.34. The number of aryl methyl sites for hydroxylation is 2. The number of carbonyl (C=O) groups is 2. The molecule has 3 aromatic rings. The lowest BCUT2D eigenvalue weighted by Gasteiger charge is -2.10. The highest BCUT2D eigenvalue weighted by Crippen LogP contribution is 2.14. The van der Waals surface area contributed by atoms with Gasteiger partial charge in [-0.25, -0.2) is 9.50 Å². The molecule has 0 radical (unpaired) electrons. The van der Waals surface area contributed by atoms with Crippen LogP contribution in [0.2, 0.25) is 0 Å². The van der Waals surface area contributed by atoms with Gasteiger partial charge in [0.2, 0.25) is 5.91 Å². The second-order valence-corrected chi connectivity index (χ2v) is 5.21. The van der Waals surface area contributed by atoms with Gasteiger partial charge in [0.15, 0.2) is 5.76 Å². The molecule has 9 nitrogen and oxygen atoms in total. The number of furan rings is 1. The fraction of sp³-hybridized carbons (Fsp3) is 0.267. The molecule has 0 atom stereocenters. The predicted octanol–water partition coefficient (Wildman–Crippen LogP) is 0.728.